The normalized spacial score (nSPS) is 20.5. The fourth-order valence-electron chi connectivity index (χ4n) is 3.25. The van der Waals surface area contributed by atoms with Crippen molar-refractivity contribution in [1.29, 1.82) is 0 Å². The van der Waals surface area contributed by atoms with Gasteiger partial charge in [-0.1, -0.05) is 18.2 Å². The summed E-state index contributed by atoms with van der Waals surface area (Å²) in [5, 5.41) is 0. The second kappa shape index (κ2) is 7.41. The molecule has 0 aliphatic heterocycles. The van der Waals surface area contributed by atoms with Crippen LogP contribution < -0.4 is 4.72 Å². The van der Waals surface area contributed by atoms with Crippen molar-refractivity contribution >= 4 is 15.9 Å². The number of carbonyl (C=O) groups is 1. The van der Waals surface area contributed by atoms with E-state index < -0.39 is 10.0 Å². The minimum atomic E-state index is -3.54. The van der Waals surface area contributed by atoms with Crippen LogP contribution in [0.3, 0.4) is 0 Å². The first-order chi connectivity index (χ1) is 12.0. The largest absolute Gasteiger partial charge is 0.472 e. The molecule has 25 heavy (non-hydrogen) atoms. The minimum Gasteiger partial charge on any atom is -0.472 e. The van der Waals surface area contributed by atoms with Crippen LogP contribution in [-0.4, -0.2) is 32.3 Å². The van der Waals surface area contributed by atoms with E-state index in [0.29, 0.717) is 25.8 Å². The van der Waals surface area contributed by atoms with Crippen LogP contribution in [-0.2, 0) is 21.4 Å². The molecule has 1 aliphatic carbocycles. The number of hydrogen-bond donors (Lipinski definition) is 1. The average molecular weight is 362 g/mol. The van der Waals surface area contributed by atoms with Crippen molar-refractivity contribution in [2.45, 2.75) is 36.7 Å². The highest BCUT2D eigenvalue weighted by Gasteiger charge is 2.34. The highest BCUT2D eigenvalue weighted by Crippen LogP contribution is 2.28. The van der Waals surface area contributed by atoms with Gasteiger partial charge < -0.3 is 9.32 Å². The van der Waals surface area contributed by atoms with Gasteiger partial charge in [0.15, 0.2) is 0 Å². The van der Waals surface area contributed by atoms with Gasteiger partial charge in [-0.05, 0) is 37.5 Å². The first-order valence-corrected chi connectivity index (χ1v) is 9.77. The van der Waals surface area contributed by atoms with Crippen LogP contribution in [0.1, 0.15) is 24.8 Å². The zero-order valence-electron chi connectivity index (χ0n) is 14.1. The second-order valence-electron chi connectivity index (χ2n) is 6.47. The topological polar surface area (TPSA) is 79.6 Å². The molecule has 3 rings (SSSR count). The first-order valence-electron chi connectivity index (χ1n) is 8.29. The summed E-state index contributed by atoms with van der Waals surface area (Å²) in [5.74, 6) is -0.108. The van der Waals surface area contributed by atoms with E-state index in [2.05, 4.69) is 4.72 Å². The summed E-state index contributed by atoms with van der Waals surface area (Å²) in [5.41, 5.74) is 0.940. The molecule has 1 aromatic carbocycles. The molecule has 1 heterocycles. The first kappa shape index (κ1) is 17.7. The maximum absolute atomic E-state index is 12.6. The number of benzene rings is 1. The van der Waals surface area contributed by atoms with Crippen molar-refractivity contribution in [3.63, 3.8) is 0 Å². The summed E-state index contributed by atoms with van der Waals surface area (Å²) in [4.78, 5) is 14.5. The van der Waals surface area contributed by atoms with Gasteiger partial charge >= 0.3 is 0 Å². The SMILES string of the molecule is CN(Cc1ccoc1)C(=O)[C@H]1CC[C@@H](NS(=O)(=O)c2ccccc2)C1. The van der Waals surface area contributed by atoms with Gasteiger partial charge in [0.25, 0.3) is 0 Å². The third kappa shape index (κ3) is 4.29. The Morgan fingerprint density at radius 1 is 1.24 bits per heavy atom. The molecular formula is C18H22N2O4S. The van der Waals surface area contributed by atoms with E-state index in [1.54, 1.807) is 54.8 Å². The van der Waals surface area contributed by atoms with Crippen molar-refractivity contribution < 1.29 is 17.6 Å². The zero-order chi connectivity index (χ0) is 17.9. The molecule has 0 spiro atoms. The summed E-state index contributed by atoms with van der Waals surface area (Å²) < 4.78 is 32.5. The predicted molar refractivity (Wildman–Crippen MR) is 93.1 cm³/mol. The summed E-state index contributed by atoms with van der Waals surface area (Å²) in [6.07, 6.45) is 5.09. The van der Waals surface area contributed by atoms with Gasteiger partial charge in [-0.25, -0.2) is 13.1 Å². The molecule has 1 N–H and O–H groups in total. The number of nitrogens with one attached hydrogen (secondary N) is 1. The monoisotopic (exact) mass is 362 g/mol. The Labute approximate surface area is 147 Å². The van der Waals surface area contributed by atoms with Crippen LogP contribution in [0.15, 0.2) is 58.2 Å². The Hall–Kier alpha value is -2.12. The highest BCUT2D eigenvalue weighted by molar-refractivity contribution is 7.89. The third-order valence-electron chi connectivity index (χ3n) is 4.53. The van der Waals surface area contributed by atoms with Gasteiger partial charge in [0.1, 0.15) is 0 Å². The molecule has 7 heteroatoms. The zero-order valence-corrected chi connectivity index (χ0v) is 14.9. The molecule has 1 saturated carbocycles. The molecular weight excluding hydrogens is 340 g/mol. The summed E-state index contributed by atoms with van der Waals surface area (Å²) >= 11 is 0. The van der Waals surface area contributed by atoms with Crippen molar-refractivity contribution in [1.82, 2.24) is 9.62 Å². The molecule has 1 amide bonds. The lowest BCUT2D eigenvalue weighted by Crippen LogP contribution is -2.35. The minimum absolute atomic E-state index is 0.0441. The number of amides is 1. The third-order valence-corrected chi connectivity index (χ3v) is 6.07. The lowest BCUT2D eigenvalue weighted by Gasteiger charge is -2.20. The molecule has 2 aromatic rings. The highest BCUT2D eigenvalue weighted by atomic mass is 32.2. The van der Waals surface area contributed by atoms with Gasteiger partial charge in [0.05, 0.1) is 17.4 Å². The number of sulfonamides is 1. The van der Waals surface area contributed by atoms with Crippen LogP contribution in [0.25, 0.3) is 0 Å². The van der Waals surface area contributed by atoms with Crippen LogP contribution in [0.5, 0.6) is 0 Å². The van der Waals surface area contributed by atoms with E-state index in [4.69, 9.17) is 4.42 Å². The molecule has 1 aliphatic rings. The second-order valence-corrected chi connectivity index (χ2v) is 8.18. The standard InChI is InChI=1S/C18H22N2O4S/c1-20(12-14-9-10-24-13-14)18(21)15-7-8-16(11-15)19-25(22,23)17-5-3-2-4-6-17/h2-6,9-10,13,15-16,19H,7-8,11-12H2,1H3/t15-,16+/m0/s1. The maximum Gasteiger partial charge on any atom is 0.240 e. The van der Waals surface area contributed by atoms with E-state index in [9.17, 15) is 13.2 Å². The van der Waals surface area contributed by atoms with E-state index >= 15 is 0 Å². The van der Waals surface area contributed by atoms with Gasteiger partial charge in [-0.15, -0.1) is 0 Å². The Bertz CT molecular complexity index is 803. The van der Waals surface area contributed by atoms with Crippen LogP contribution in [0.2, 0.25) is 0 Å². The molecule has 134 valence electrons. The van der Waals surface area contributed by atoms with Gasteiger partial charge in [0.2, 0.25) is 15.9 Å². The molecule has 0 radical (unpaired) electrons. The lowest BCUT2D eigenvalue weighted by atomic mass is 10.1. The molecule has 0 saturated heterocycles. The Kier molecular flexibility index (Phi) is 5.24. The number of furan rings is 1. The number of carbonyl (C=O) groups excluding carboxylic acids is 1. The van der Waals surface area contributed by atoms with E-state index in [1.165, 1.54) is 0 Å². The smallest absolute Gasteiger partial charge is 0.240 e. The van der Waals surface area contributed by atoms with Crippen molar-refractivity contribution in [3.05, 3.63) is 54.5 Å². The van der Waals surface area contributed by atoms with E-state index in [-0.39, 0.29) is 22.8 Å². The molecule has 0 bridgehead atoms. The molecule has 1 fully saturated rings. The average Bonchev–Trinajstić information content (AvgIpc) is 3.26. The van der Waals surface area contributed by atoms with Crippen molar-refractivity contribution in [2.24, 2.45) is 5.92 Å². The van der Waals surface area contributed by atoms with Gasteiger partial charge in [-0.3, -0.25) is 4.79 Å². The molecule has 2 atom stereocenters. The lowest BCUT2D eigenvalue weighted by molar-refractivity contribution is -0.134. The Balaban J connectivity index is 1.57. The van der Waals surface area contributed by atoms with Crippen LogP contribution in [0.4, 0.5) is 0 Å². The number of rotatable bonds is 6. The fourth-order valence-corrected chi connectivity index (χ4v) is 4.55. The summed E-state index contributed by atoms with van der Waals surface area (Å²) in [7, 11) is -1.78. The number of hydrogen-bond acceptors (Lipinski definition) is 4. The summed E-state index contributed by atoms with van der Waals surface area (Å²) in [6, 6.07) is 9.92. The molecule has 1 aromatic heterocycles. The van der Waals surface area contributed by atoms with Gasteiger partial charge in [-0.2, -0.15) is 0 Å². The Morgan fingerprint density at radius 2 is 2.00 bits per heavy atom. The fraction of sp³-hybridized carbons (Fsp3) is 0.389. The van der Waals surface area contributed by atoms with Crippen molar-refractivity contribution in [2.75, 3.05) is 7.05 Å². The number of nitrogens with zero attached hydrogens (tertiary/aromatic N) is 1. The molecule has 6 nitrogen and oxygen atoms in total. The summed E-state index contributed by atoms with van der Waals surface area (Å²) in [6.45, 7) is 0.492. The van der Waals surface area contributed by atoms with Crippen molar-refractivity contribution in [3.8, 4) is 0 Å². The predicted octanol–water partition coefficient (Wildman–Crippen LogP) is 2.39. The van der Waals surface area contributed by atoms with E-state index in [0.717, 1.165) is 5.56 Å². The Morgan fingerprint density at radius 3 is 2.68 bits per heavy atom. The maximum atomic E-state index is 12.6. The van der Waals surface area contributed by atoms with E-state index in [1.807, 2.05) is 6.07 Å². The van der Waals surface area contributed by atoms with Gasteiger partial charge in [0, 0.05) is 31.1 Å². The molecule has 0 unspecified atom stereocenters. The van der Waals surface area contributed by atoms with Crippen LogP contribution >= 0.6 is 0 Å². The quantitative estimate of drug-likeness (QED) is 0.856. The van der Waals surface area contributed by atoms with Crippen LogP contribution in [0, 0.1) is 5.92 Å².